The largest absolute Gasteiger partial charge is 0.348 e. The van der Waals surface area contributed by atoms with E-state index in [2.05, 4.69) is 10.3 Å². The van der Waals surface area contributed by atoms with Crippen LogP contribution in [0.1, 0.15) is 70.6 Å². The molecule has 4 nitrogen and oxygen atoms in total. The summed E-state index contributed by atoms with van der Waals surface area (Å²) in [4.78, 5) is 28.0. The Morgan fingerprint density at radius 2 is 1.62 bits per heavy atom. The minimum Gasteiger partial charge on any atom is -0.348 e. The number of amides is 1. The van der Waals surface area contributed by atoms with Gasteiger partial charge in [0.1, 0.15) is 5.69 Å². The van der Waals surface area contributed by atoms with Crippen LogP contribution in [0.4, 0.5) is 0 Å². The van der Waals surface area contributed by atoms with Gasteiger partial charge in [0.05, 0.1) is 5.69 Å². The predicted octanol–water partition coefficient (Wildman–Crippen LogP) is 4.01. The van der Waals surface area contributed by atoms with Crippen molar-refractivity contribution in [1.82, 2.24) is 10.3 Å². The maximum Gasteiger partial charge on any atom is 0.267 e. The smallest absolute Gasteiger partial charge is 0.267 e. The SMILES string of the molecule is Cc1ccccc1C(=O)c1ccc(C(=O)NC2CCCCCC2)[nH]1. The Labute approximate surface area is 142 Å². The molecule has 0 atom stereocenters. The van der Waals surface area contributed by atoms with E-state index in [-0.39, 0.29) is 17.7 Å². The zero-order chi connectivity index (χ0) is 16.9. The number of H-pyrrole nitrogens is 1. The average Bonchev–Trinajstić information content (AvgIpc) is 2.94. The van der Waals surface area contributed by atoms with Crippen molar-refractivity contribution in [2.75, 3.05) is 0 Å². The second-order valence-electron chi connectivity index (χ2n) is 6.59. The van der Waals surface area contributed by atoms with Crippen LogP contribution in [0.3, 0.4) is 0 Å². The fourth-order valence-electron chi connectivity index (χ4n) is 3.32. The van der Waals surface area contributed by atoms with Crippen LogP contribution in [0.2, 0.25) is 0 Å². The highest BCUT2D eigenvalue weighted by molar-refractivity contribution is 6.09. The molecule has 0 spiro atoms. The van der Waals surface area contributed by atoms with Crippen molar-refractivity contribution in [3.63, 3.8) is 0 Å². The van der Waals surface area contributed by atoms with Crippen molar-refractivity contribution in [1.29, 1.82) is 0 Å². The molecule has 1 amide bonds. The lowest BCUT2D eigenvalue weighted by atomic mass is 10.0. The molecule has 0 bridgehead atoms. The molecule has 0 saturated heterocycles. The second kappa shape index (κ2) is 7.47. The van der Waals surface area contributed by atoms with Crippen LogP contribution in [-0.4, -0.2) is 22.7 Å². The molecule has 3 rings (SSSR count). The second-order valence-corrected chi connectivity index (χ2v) is 6.59. The number of rotatable bonds is 4. The zero-order valence-corrected chi connectivity index (χ0v) is 14.1. The first kappa shape index (κ1) is 16.5. The number of aryl methyl sites for hydroxylation is 1. The quantitative estimate of drug-likeness (QED) is 0.659. The molecule has 1 heterocycles. The third-order valence-corrected chi connectivity index (χ3v) is 4.76. The molecule has 4 heteroatoms. The molecule has 2 N–H and O–H groups in total. The van der Waals surface area contributed by atoms with Crippen molar-refractivity contribution in [3.05, 3.63) is 58.9 Å². The van der Waals surface area contributed by atoms with E-state index in [1.807, 2.05) is 31.2 Å². The van der Waals surface area contributed by atoms with Gasteiger partial charge in [0.2, 0.25) is 5.78 Å². The summed E-state index contributed by atoms with van der Waals surface area (Å²) in [5, 5.41) is 3.10. The lowest BCUT2D eigenvalue weighted by molar-refractivity contribution is 0.0929. The van der Waals surface area contributed by atoms with Gasteiger partial charge in [-0.15, -0.1) is 0 Å². The lowest BCUT2D eigenvalue weighted by Gasteiger charge is -2.15. The highest BCUT2D eigenvalue weighted by Gasteiger charge is 2.19. The number of aromatic amines is 1. The van der Waals surface area contributed by atoms with Crippen molar-refractivity contribution in [2.24, 2.45) is 0 Å². The number of aromatic nitrogens is 1. The third kappa shape index (κ3) is 3.75. The van der Waals surface area contributed by atoms with Gasteiger partial charge in [-0.25, -0.2) is 0 Å². The van der Waals surface area contributed by atoms with Gasteiger partial charge in [-0.3, -0.25) is 9.59 Å². The molecule has 0 unspecified atom stereocenters. The third-order valence-electron chi connectivity index (χ3n) is 4.76. The van der Waals surface area contributed by atoms with Gasteiger partial charge in [-0.1, -0.05) is 49.9 Å². The summed E-state index contributed by atoms with van der Waals surface area (Å²) < 4.78 is 0. The highest BCUT2D eigenvalue weighted by Crippen LogP contribution is 2.18. The van der Waals surface area contributed by atoms with E-state index in [9.17, 15) is 9.59 Å². The number of carbonyl (C=O) groups excluding carboxylic acids is 2. The van der Waals surface area contributed by atoms with E-state index < -0.39 is 0 Å². The van der Waals surface area contributed by atoms with Gasteiger partial charge in [-0.2, -0.15) is 0 Å². The van der Waals surface area contributed by atoms with Gasteiger partial charge in [-0.05, 0) is 37.5 Å². The summed E-state index contributed by atoms with van der Waals surface area (Å²) in [6.45, 7) is 1.91. The van der Waals surface area contributed by atoms with Gasteiger partial charge in [0, 0.05) is 11.6 Å². The Morgan fingerprint density at radius 1 is 0.958 bits per heavy atom. The molecule has 0 aliphatic heterocycles. The van der Waals surface area contributed by atoms with Crippen LogP contribution in [0, 0.1) is 6.92 Å². The first-order valence-corrected chi connectivity index (χ1v) is 8.75. The first-order valence-electron chi connectivity index (χ1n) is 8.75. The summed E-state index contributed by atoms with van der Waals surface area (Å²) >= 11 is 0. The van der Waals surface area contributed by atoms with Crippen LogP contribution in [-0.2, 0) is 0 Å². The lowest BCUT2D eigenvalue weighted by Crippen LogP contribution is -2.34. The monoisotopic (exact) mass is 324 g/mol. The molecule has 1 aliphatic carbocycles. The summed E-state index contributed by atoms with van der Waals surface area (Å²) in [6.07, 6.45) is 6.94. The molecular formula is C20H24N2O2. The van der Waals surface area contributed by atoms with Gasteiger partial charge < -0.3 is 10.3 Å². The van der Waals surface area contributed by atoms with Gasteiger partial charge in [0.25, 0.3) is 5.91 Å². The van der Waals surface area contributed by atoms with Crippen LogP contribution < -0.4 is 5.32 Å². The maximum absolute atomic E-state index is 12.6. The number of hydrogen-bond donors (Lipinski definition) is 2. The average molecular weight is 324 g/mol. The zero-order valence-electron chi connectivity index (χ0n) is 14.1. The van der Waals surface area contributed by atoms with Crippen molar-refractivity contribution >= 4 is 11.7 Å². The Bertz CT molecular complexity index is 725. The van der Waals surface area contributed by atoms with Crippen LogP contribution in [0.5, 0.6) is 0 Å². The first-order chi connectivity index (χ1) is 11.6. The Hall–Kier alpha value is -2.36. The number of hydrogen-bond acceptors (Lipinski definition) is 2. The Balaban J connectivity index is 1.69. The molecule has 1 aromatic carbocycles. The Kier molecular flexibility index (Phi) is 5.14. The normalized spacial score (nSPS) is 15.7. The highest BCUT2D eigenvalue weighted by atomic mass is 16.2. The maximum atomic E-state index is 12.6. The van der Waals surface area contributed by atoms with Crippen LogP contribution in [0.25, 0.3) is 0 Å². The van der Waals surface area contributed by atoms with Crippen molar-refractivity contribution < 1.29 is 9.59 Å². The molecular weight excluding hydrogens is 300 g/mol. The van der Waals surface area contributed by atoms with Crippen molar-refractivity contribution in [3.8, 4) is 0 Å². The van der Waals surface area contributed by atoms with E-state index >= 15 is 0 Å². The standard InChI is InChI=1S/C20H24N2O2/c1-14-8-6-7-11-16(14)19(23)17-12-13-18(22-17)20(24)21-15-9-4-2-3-5-10-15/h6-8,11-13,15,22H,2-5,9-10H2,1H3,(H,21,24). The van der Waals surface area contributed by atoms with Gasteiger partial charge >= 0.3 is 0 Å². The number of benzene rings is 1. The van der Waals surface area contributed by atoms with Crippen LogP contribution >= 0.6 is 0 Å². The fourth-order valence-corrected chi connectivity index (χ4v) is 3.32. The summed E-state index contributed by atoms with van der Waals surface area (Å²) in [6, 6.07) is 11.1. The number of nitrogens with one attached hydrogen (secondary N) is 2. The molecule has 126 valence electrons. The molecule has 1 saturated carbocycles. The summed E-state index contributed by atoms with van der Waals surface area (Å²) in [5.74, 6) is -0.202. The summed E-state index contributed by atoms with van der Waals surface area (Å²) in [5.41, 5.74) is 2.50. The fraction of sp³-hybridized carbons (Fsp3) is 0.400. The number of carbonyl (C=O) groups is 2. The van der Waals surface area contributed by atoms with E-state index in [1.165, 1.54) is 25.7 Å². The van der Waals surface area contributed by atoms with Gasteiger partial charge in [0.15, 0.2) is 0 Å². The molecule has 2 aromatic rings. The molecule has 24 heavy (non-hydrogen) atoms. The van der Waals surface area contributed by atoms with E-state index in [4.69, 9.17) is 0 Å². The summed E-state index contributed by atoms with van der Waals surface area (Å²) in [7, 11) is 0. The molecule has 1 aliphatic rings. The molecule has 1 aromatic heterocycles. The van der Waals surface area contributed by atoms with E-state index in [0.29, 0.717) is 17.0 Å². The van der Waals surface area contributed by atoms with Crippen LogP contribution in [0.15, 0.2) is 36.4 Å². The topological polar surface area (TPSA) is 62.0 Å². The predicted molar refractivity (Wildman–Crippen MR) is 94.4 cm³/mol. The minimum atomic E-state index is -0.120. The van der Waals surface area contributed by atoms with E-state index in [0.717, 1.165) is 18.4 Å². The Morgan fingerprint density at radius 3 is 2.33 bits per heavy atom. The number of ketones is 1. The van der Waals surface area contributed by atoms with Crippen molar-refractivity contribution in [2.45, 2.75) is 51.5 Å². The molecule has 0 radical (unpaired) electrons. The molecule has 1 fully saturated rings. The van der Waals surface area contributed by atoms with E-state index in [1.54, 1.807) is 12.1 Å². The minimum absolute atomic E-state index is 0.0818.